The topological polar surface area (TPSA) is 110 Å². The molecule has 326 valence electrons. The second-order valence-corrected chi connectivity index (χ2v) is 19.7. The Morgan fingerprint density at radius 2 is 1.23 bits per heavy atom. The van der Waals surface area contributed by atoms with Crippen molar-refractivity contribution in [1.29, 1.82) is 0 Å². The van der Waals surface area contributed by atoms with Gasteiger partial charge in [-0.1, -0.05) is 39.5 Å². The minimum Gasteiger partial charge on any atom is -0.444 e. The number of carbonyl (C=O) groups excluding carboxylic acids is 2. The summed E-state index contributed by atoms with van der Waals surface area (Å²) in [5.41, 5.74) is 16.1. The van der Waals surface area contributed by atoms with Crippen molar-refractivity contribution >= 4 is 45.2 Å². The molecule has 4 aromatic rings. The van der Waals surface area contributed by atoms with E-state index >= 15 is 0 Å². The molecule has 0 unspecified atom stereocenters. The number of nitrogens with one attached hydrogen (secondary N) is 2. The van der Waals surface area contributed by atoms with Gasteiger partial charge in [-0.2, -0.15) is 0 Å². The largest absolute Gasteiger partial charge is 0.444 e. The zero-order valence-electron chi connectivity index (χ0n) is 37.4. The van der Waals surface area contributed by atoms with Crippen molar-refractivity contribution in [2.75, 3.05) is 24.1 Å². The number of ether oxygens (including phenoxy) is 1. The molecule has 2 aromatic carbocycles. The zero-order chi connectivity index (χ0) is 42.0. The Bertz CT molecular complexity index is 2120. The van der Waals surface area contributed by atoms with E-state index in [0.29, 0.717) is 0 Å². The second kappa shape index (κ2) is 18.5. The maximum Gasteiger partial charge on any atom is 0.407 e. The van der Waals surface area contributed by atoms with Crippen molar-refractivity contribution in [2.24, 2.45) is 5.92 Å². The third-order valence-corrected chi connectivity index (χ3v) is 14.3. The number of alkyl carbamates (subject to hydrolysis) is 1. The van der Waals surface area contributed by atoms with Crippen LogP contribution in [-0.4, -0.2) is 67.8 Å². The molecule has 4 heterocycles. The normalized spacial score (nSPS) is 21.8. The predicted molar refractivity (Wildman–Crippen MR) is 245 cm³/mol. The number of nitrogen functional groups attached to an aromatic ring is 1. The van der Waals surface area contributed by atoms with Gasteiger partial charge in [0, 0.05) is 121 Å². The van der Waals surface area contributed by atoms with Crippen LogP contribution in [0.2, 0.25) is 0 Å². The molecule has 3 fully saturated rings. The first-order chi connectivity index (χ1) is 29.0. The summed E-state index contributed by atoms with van der Waals surface area (Å²) in [6, 6.07) is 14.6. The smallest absolute Gasteiger partial charge is 0.407 e. The van der Waals surface area contributed by atoms with Crippen LogP contribution in [0.25, 0.3) is 21.8 Å². The third kappa shape index (κ3) is 9.40. The van der Waals surface area contributed by atoms with Crippen LogP contribution in [0.15, 0.2) is 36.4 Å². The Kier molecular flexibility index (Phi) is 13.2. The molecule has 0 bridgehead atoms. The van der Waals surface area contributed by atoms with Crippen LogP contribution in [0.1, 0.15) is 147 Å². The van der Waals surface area contributed by atoms with Gasteiger partial charge in [0.1, 0.15) is 5.60 Å². The lowest BCUT2D eigenvalue weighted by Gasteiger charge is -2.33. The minimum absolute atomic E-state index is 0.0288. The molecule has 2 amide bonds. The zero-order valence-corrected chi connectivity index (χ0v) is 37.4. The van der Waals surface area contributed by atoms with Crippen LogP contribution in [0.5, 0.6) is 0 Å². The molecule has 2 aromatic heterocycles. The molecule has 0 saturated heterocycles. The lowest BCUT2D eigenvalue weighted by molar-refractivity contribution is -0.120. The van der Waals surface area contributed by atoms with Crippen LogP contribution in [-0.2, 0) is 48.6 Å². The van der Waals surface area contributed by atoms with Gasteiger partial charge in [0.05, 0.1) is 0 Å². The summed E-state index contributed by atoms with van der Waals surface area (Å²) < 4.78 is 10.5. The van der Waals surface area contributed by atoms with Crippen molar-refractivity contribution in [3.05, 3.63) is 58.9 Å². The fourth-order valence-electron chi connectivity index (χ4n) is 11.4. The van der Waals surface area contributed by atoms with Gasteiger partial charge in [0.15, 0.2) is 0 Å². The van der Waals surface area contributed by atoms with E-state index in [1.807, 2.05) is 20.8 Å². The van der Waals surface area contributed by atoms with Gasteiger partial charge in [0.2, 0.25) is 5.91 Å². The molecule has 0 spiro atoms. The second-order valence-electron chi connectivity index (χ2n) is 19.7. The summed E-state index contributed by atoms with van der Waals surface area (Å²) in [5, 5.41) is 8.90. The first kappa shape index (κ1) is 42.7. The molecule has 3 aliphatic carbocycles. The Hall–Kier alpha value is -4.02. The predicted octanol–water partition coefficient (Wildman–Crippen LogP) is 10.3. The number of hydrogen-bond acceptors (Lipinski definition) is 6. The first-order valence-electron chi connectivity index (χ1n) is 23.8. The summed E-state index contributed by atoms with van der Waals surface area (Å²) >= 11 is 0. The average molecular weight is 820 g/mol. The van der Waals surface area contributed by atoms with E-state index in [-0.39, 0.29) is 24.0 Å². The van der Waals surface area contributed by atoms with E-state index in [4.69, 9.17) is 10.5 Å². The summed E-state index contributed by atoms with van der Waals surface area (Å²) in [4.78, 5) is 30.8. The maximum atomic E-state index is 13.2. The van der Waals surface area contributed by atoms with Gasteiger partial charge >= 0.3 is 6.09 Å². The molecule has 9 rings (SSSR count). The summed E-state index contributed by atoms with van der Waals surface area (Å²) in [7, 11) is 0. The maximum absolute atomic E-state index is 13.2. The SMILES string of the molecule is CCCn1c2c(c3cc(N)ccc31)CN(C1CCCC1)CC2.CCCn1c2c(c3cc(NC(=O)C4CCC(NC(=O)OC(C)(C)C)CC4)ccc31)CN(C1CCCC1)CC2. The third-order valence-electron chi connectivity index (χ3n) is 14.3. The molecular weight excluding hydrogens is 747 g/mol. The van der Waals surface area contributed by atoms with Gasteiger partial charge in [-0.25, -0.2) is 4.79 Å². The van der Waals surface area contributed by atoms with Crippen molar-refractivity contribution in [1.82, 2.24) is 24.3 Å². The van der Waals surface area contributed by atoms with E-state index in [1.54, 1.807) is 11.3 Å². The molecule has 4 N–H and O–H groups in total. The molecule has 10 heteroatoms. The number of nitrogens with zero attached hydrogens (tertiary/aromatic N) is 4. The van der Waals surface area contributed by atoms with E-state index in [9.17, 15) is 9.59 Å². The number of amides is 2. The van der Waals surface area contributed by atoms with Crippen LogP contribution in [0, 0.1) is 5.92 Å². The fourth-order valence-corrected chi connectivity index (χ4v) is 11.4. The standard InChI is InChI=1S/C31H46N4O3.C19H27N3/c1-5-17-35-27-15-14-23(19-25(27)26-20-34(18-16-28(26)35)24-8-6-7-9-24)32-29(36)21-10-12-22(13-11-21)33-30(37)38-31(2,3)4;1-2-10-22-18-8-7-14(20)12-16(18)17-13-21(11-9-19(17)22)15-5-3-4-6-15/h14-15,19,21-22,24H,5-13,16-18,20H2,1-4H3,(H,32,36)(H,33,37);7-8,12,15H,2-6,9-11,13,20H2,1H3. The quantitative estimate of drug-likeness (QED) is 0.145. The molecule has 0 atom stereocenters. The minimum atomic E-state index is -0.506. The number of fused-ring (bicyclic) bond motifs is 6. The number of aryl methyl sites for hydroxylation is 2. The van der Waals surface area contributed by atoms with Crippen molar-refractivity contribution < 1.29 is 14.3 Å². The van der Waals surface area contributed by atoms with Gasteiger partial charge in [-0.3, -0.25) is 14.6 Å². The molecule has 0 radical (unpaired) electrons. The Morgan fingerprint density at radius 1 is 0.717 bits per heavy atom. The van der Waals surface area contributed by atoms with Crippen LogP contribution in [0.4, 0.5) is 16.2 Å². The van der Waals surface area contributed by atoms with E-state index in [1.165, 1.54) is 104 Å². The van der Waals surface area contributed by atoms with Gasteiger partial charge in [-0.15, -0.1) is 0 Å². The Balaban J connectivity index is 0.000000191. The van der Waals surface area contributed by atoms with Gasteiger partial charge in [0.25, 0.3) is 0 Å². The molecule has 10 nitrogen and oxygen atoms in total. The van der Waals surface area contributed by atoms with Gasteiger partial charge < -0.3 is 30.2 Å². The van der Waals surface area contributed by atoms with E-state index in [0.717, 1.165) is 94.7 Å². The number of benzene rings is 2. The first-order valence-corrected chi connectivity index (χ1v) is 23.8. The van der Waals surface area contributed by atoms with Crippen molar-refractivity contribution in [2.45, 2.75) is 187 Å². The molecule has 2 aliphatic heterocycles. The van der Waals surface area contributed by atoms with Crippen LogP contribution < -0.4 is 16.4 Å². The highest BCUT2D eigenvalue weighted by Crippen LogP contribution is 2.38. The highest BCUT2D eigenvalue weighted by Gasteiger charge is 2.32. The molecule has 60 heavy (non-hydrogen) atoms. The highest BCUT2D eigenvalue weighted by atomic mass is 16.6. The summed E-state index contributed by atoms with van der Waals surface area (Å²) in [5.74, 6) is 0.0633. The van der Waals surface area contributed by atoms with Crippen LogP contribution in [0.3, 0.4) is 0 Å². The number of anilines is 2. The number of carbonyl (C=O) groups is 2. The highest BCUT2D eigenvalue weighted by molar-refractivity contribution is 5.96. The number of rotatable bonds is 9. The lowest BCUT2D eigenvalue weighted by atomic mass is 9.85. The molecule has 3 saturated carbocycles. The summed E-state index contributed by atoms with van der Waals surface area (Å²) in [6.45, 7) is 16.8. The number of nitrogens with two attached hydrogens (primary N) is 1. The molecular formula is C50H73N7O3. The monoisotopic (exact) mass is 820 g/mol. The Morgan fingerprint density at radius 3 is 1.75 bits per heavy atom. The average Bonchev–Trinajstić information content (AvgIpc) is 4.06. The van der Waals surface area contributed by atoms with Gasteiger partial charge in [-0.05, 0) is 133 Å². The van der Waals surface area contributed by atoms with E-state index in [2.05, 4.69) is 79.8 Å². The van der Waals surface area contributed by atoms with Crippen LogP contribution >= 0.6 is 0 Å². The number of hydrogen-bond donors (Lipinski definition) is 3. The van der Waals surface area contributed by atoms with Crippen molar-refractivity contribution in [3.63, 3.8) is 0 Å². The fraction of sp³-hybridized carbons (Fsp3) is 0.640. The lowest BCUT2D eigenvalue weighted by Crippen LogP contribution is -2.42. The molecule has 5 aliphatic rings. The van der Waals surface area contributed by atoms with Crippen molar-refractivity contribution in [3.8, 4) is 0 Å². The number of aromatic nitrogens is 2. The Labute approximate surface area is 358 Å². The summed E-state index contributed by atoms with van der Waals surface area (Å²) in [6.07, 6.45) is 18.4. The van der Waals surface area contributed by atoms with E-state index < -0.39 is 5.60 Å².